The van der Waals surface area contributed by atoms with Crippen LogP contribution in [-0.4, -0.2) is 129 Å². The van der Waals surface area contributed by atoms with E-state index in [1.165, 1.54) is 67.8 Å². The Kier molecular flexibility index (Phi) is 15.7. The van der Waals surface area contributed by atoms with Crippen LogP contribution in [0.3, 0.4) is 0 Å². The Balaban J connectivity index is 0.000000242. The van der Waals surface area contributed by atoms with Crippen LogP contribution in [-0.2, 0) is 9.16 Å². The molecule has 8 rings (SSSR count). The molecule has 0 spiro atoms. The fourth-order valence-corrected chi connectivity index (χ4v) is 9.29. The minimum absolute atomic E-state index is 0. The number of carbonyl (C=O) groups is 1. The number of piperidine rings is 2. The van der Waals surface area contributed by atoms with Crippen molar-refractivity contribution < 1.29 is 38.1 Å². The van der Waals surface area contributed by atoms with Gasteiger partial charge in [-0.15, -0.1) is 12.4 Å². The molecule has 0 radical (unpaired) electrons. The topological polar surface area (TPSA) is 217 Å². The first-order valence-corrected chi connectivity index (χ1v) is 25.7. The molecule has 2 aliphatic rings. The highest BCUT2D eigenvalue weighted by Crippen LogP contribution is 2.40. The van der Waals surface area contributed by atoms with Crippen LogP contribution in [0.25, 0.3) is 33.4 Å². The van der Waals surface area contributed by atoms with E-state index in [1.807, 2.05) is 20.8 Å². The van der Waals surface area contributed by atoms with Gasteiger partial charge in [0.1, 0.15) is 40.7 Å². The quantitative estimate of drug-likeness (QED) is 0.119. The van der Waals surface area contributed by atoms with E-state index < -0.39 is 43.3 Å². The molecule has 2 fully saturated rings. The Morgan fingerprint density at radius 2 is 1.19 bits per heavy atom. The van der Waals surface area contributed by atoms with Gasteiger partial charge in [-0.25, -0.2) is 32.9 Å². The van der Waals surface area contributed by atoms with E-state index in [0.717, 1.165) is 0 Å². The van der Waals surface area contributed by atoms with Gasteiger partial charge in [-0.05, 0) is 126 Å². The lowest BCUT2D eigenvalue weighted by atomic mass is 9.84. The first kappa shape index (κ1) is 52.9. The number of aliphatic hydroxyl groups excluding tert-OH is 1. The van der Waals surface area contributed by atoms with Crippen LogP contribution >= 0.6 is 12.4 Å². The van der Waals surface area contributed by atoms with E-state index >= 15 is 0 Å². The summed E-state index contributed by atoms with van der Waals surface area (Å²) in [5.74, 6) is -0.748. The maximum atomic E-state index is 13.9. The molecule has 0 aliphatic carbocycles. The molecule has 18 nitrogen and oxygen atoms in total. The van der Waals surface area contributed by atoms with Crippen molar-refractivity contribution in [1.29, 1.82) is 0 Å². The van der Waals surface area contributed by atoms with Gasteiger partial charge in [-0.2, -0.15) is 10.2 Å². The first-order valence-electron chi connectivity index (χ1n) is 22.8. The molecule has 4 aromatic heterocycles. The van der Waals surface area contributed by atoms with Gasteiger partial charge in [0.25, 0.3) is 11.1 Å². The predicted octanol–water partition coefficient (Wildman–Crippen LogP) is 5.84. The van der Waals surface area contributed by atoms with Gasteiger partial charge in [0.15, 0.2) is 19.6 Å². The lowest BCUT2D eigenvalue weighted by Crippen LogP contribution is -2.55. The molecule has 1 amide bonds. The number of hydrogen-bond donors (Lipinski definition) is 4. The number of halogens is 3. The number of amides is 1. The molecule has 2 saturated heterocycles. The third-order valence-electron chi connectivity index (χ3n) is 13.4. The SMILES string of the molecule is CC(C)(C)OC(=O)N1CCC(O)(C(CO[Si](C)(C)C(C)(C)C)n2cnc3c(cnn3-c3ccc(F)cc3)c2=O)CC1.Cl.O=c1c2cnn(-c3ccc(F)cc3)c2ncn1C(CO)C1(O)CCNCC1. The highest BCUT2D eigenvalue weighted by Gasteiger charge is 2.46. The van der Waals surface area contributed by atoms with E-state index in [2.05, 4.69) is 59.3 Å². The highest BCUT2D eigenvalue weighted by molar-refractivity contribution is 6.74. The lowest BCUT2D eigenvalue weighted by molar-refractivity contribution is -0.0759. The maximum absolute atomic E-state index is 13.9. The number of ether oxygens (including phenoxy) is 1. The highest BCUT2D eigenvalue weighted by atomic mass is 35.5. The molecular weight excluding hydrogens is 934 g/mol. The van der Waals surface area contributed by atoms with Crippen LogP contribution in [0.1, 0.15) is 79.3 Å². The Morgan fingerprint density at radius 3 is 1.61 bits per heavy atom. The van der Waals surface area contributed by atoms with Crippen LogP contribution in [0.5, 0.6) is 0 Å². The molecule has 374 valence electrons. The minimum atomic E-state index is -2.25. The third kappa shape index (κ3) is 11.3. The second-order valence-electron chi connectivity index (χ2n) is 20.2. The molecule has 2 aliphatic heterocycles. The van der Waals surface area contributed by atoms with Crippen LogP contribution in [0.15, 0.2) is 83.2 Å². The monoisotopic (exact) mass is 996 g/mol. The van der Waals surface area contributed by atoms with Gasteiger partial charge < -0.3 is 34.7 Å². The molecular formula is C47H63ClF2N10O8Si. The zero-order valence-corrected chi connectivity index (χ0v) is 42.0. The zero-order chi connectivity index (χ0) is 49.4. The minimum Gasteiger partial charge on any atom is -0.444 e. The van der Waals surface area contributed by atoms with Crippen molar-refractivity contribution in [3.8, 4) is 11.4 Å². The summed E-state index contributed by atoms with van der Waals surface area (Å²) in [6, 6.07) is 9.91. The zero-order valence-electron chi connectivity index (χ0n) is 40.2. The Hall–Kier alpha value is -5.42. The molecule has 6 aromatic rings. The number of benzene rings is 2. The standard InChI is InChI=1S/C29H42FN5O5Si.C18H20FN5O3.ClH/c1-27(2,3)40-26(37)33-15-13-29(38,14-16-33)23(18-39-41(7,8)28(4,5)6)34-19-31-24-22(25(34)36)17-32-35(24)21-11-9-20(30)10-12-21;19-12-1-3-13(4-2-12)24-16-14(9-22-24)17(26)23(11-21-16)15(10-25)18(27)5-7-20-8-6-18;/h9-12,17,19,23,38H,13-16,18H2,1-8H3;1-4,9,11,15,20,25,27H,5-8,10H2;1H. The van der Waals surface area contributed by atoms with Crippen LogP contribution in [0.4, 0.5) is 13.6 Å². The molecule has 2 aromatic carbocycles. The maximum Gasteiger partial charge on any atom is 0.410 e. The fraction of sp³-hybridized carbons (Fsp3) is 0.511. The van der Waals surface area contributed by atoms with Gasteiger partial charge in [0, 0.05) is 13.1 Å². The lowest BCUT2D eigenvalue weighted by Gasteiger charge is -2.45. The van der Waals surface area contributed by atoms with Gasteiger partial charge >= 0.3 is 6.09 Å². The summed E-state index contributed by atoms with van der Waals surface area (Å²) in [5, 5.41) is 45.0. The van der Waals surface area contributed by atoms with Crippen LogP contribution in [0, 0.1) is 11.6 Å². The molecule has 4 N–H and O–H groups in total. The van der Waals surface area contributed by atoms with Crippen molar-refractivity contribution >= 4 is 48.9 Å². The first-order chi connectivity index (χ1) is 31.9. The number of nitrogens with zero attached hydrogens (tertiary/aromatic N) is 9. The van der Waals surface area contributed by atoms with Crippen molar-refractivity contribution in [2.24, 2.45) is 0 Å². The van der Waals surface area contributed by atoms with E-state index in [4.69, 9.17) is 9.16 Å². The van der Waals surface area contributed by atoms with E-state index in [1.54, 1.807) is 29.2 Å². The number of likely N-dealkylation sites (tertiary alicyclic amines) is 1. The Labute approximate surface area is 405 Å². The van der Waals surface area contributed by atoms with Crippen LogP contribution in [0.2, 0.25) is 18.1 Å². The van der Waals surface area contributed by atoms with Crippen molar-refractivity contribution in [3.63, 3.8) is 0 Å². The summed E-state index contributed by atoms with van der Waals surface area (Å²) >= 11 is 0. The second kappa shape index (κ2) is 20.5. The van der Waals surface area contributed by atoms with Crippen molar-refractivity contribution in [3.05, 3.63) is 106 Å². The number of hydrogen-bond acceptors (Lipinski definition) is 13. The van der Waals surface area contributed by atoms with E-state index in [9.17, 15) is 38.5 Å². The van der Waals surface area contributed by atoms with Gasteiger partial charge in [0.05, 0.1) is 60.3 Å². The summed E-state index contributed by atoms with van der Waals surface area (Å²) in [5.41, 5.74) is -2.11. The summed E-state index contributed by atoms with van der Waals surface area (Å²) in [6.45, 7) is 17.6. The molecule has 0 bridgehead atoms. The summed E-state index contributed by atoms with van der Waals surface area (Å²) in [7, 11) is -2.25. The molecule has 2 atom stereocenters. The smallest absolute Gasteiger partial charge is 0.410 e. The average molecular weight is 998 g/mol. The number of nitrogens with one attached hydrogen (secondary N) is 1. The molecule has 2 unspecified atom stereocenters. The number of aliphatic hydroxyl groups is 3. The van der Waals surface area contributed by atoms with E-state index in [0.29, 0.717) is 48.6 Å². The van der Waals surface area contributed by atoms with Crippen molar-refractivity contribution in [2.75, 3.05) is 39.4 Å². The molecule has 0 saturated carbocycles. The summed E-state index contributed by atoms with van der Waals surface area (Å²) in [6.07, 6.45) is 6.47. The van der Waals surface area contributed by atoms with E-state index in [-0.39, 0.29) is 90.1 Å². The number of carbonyl (C=O) groups excluding carboxylic acids is 1. The number of fused-ring (bicyclic) bond motifs is 2. The largest absolute Gasteiger partial charge is 0.444 e. The third-order valence-corrected chi connectivity index (χ3v) is 17.9. The fourth-order valence-electron chi connectivity index (χ4n) is 8.28. The molecule has 6 heterocycles. The number of aromatic nitrogens is 8. The van der Waals surface area contributed by atoms with Gasteiger partial charge in [-0.1, -0.05) is 20.8 Å². The van der Waals surface area contributed by atoms with Crippen molar-refractivity contribution in [1.82, 2.24) is 48.9 Å². The summed E-state index contributed by atoms with van der Waals surface area (Å²) < 4.78 is 44.4. The molecule has 69 heavy (non-hydrogen) atoms. The van der Waals surface area contributed by atoms with Crippen molar-refractivity contribution in [2.45, 2.75) is 114 Å². The second-order valence-corrected chi connectivity index (χ2v) is 25.0. The molecule has 22 heteroatoms. The average Bonchev–Trinajstić information content (AvgIpc) is 3.92. The summed E-state index contributed by atoms with van der Waals surface area (Å²) in [4.78, 5) is 50.0. The van der Waals surface area contributed by atoms with Crippen LogP contribution < -0.4 is 16.4 Å². The Morgan fingerprint density at radius 1 is 0.754 bits per heavy atom. The Bertz CT molecular complexity index is 2850. The normalized spacial score (nSPS) is 17.1. The van der Waals surface area contributed by atoms with Gasteiger partial charge in [-0.3, -0.25) is 18.7 Å². The predicted molar refractivity (Wildman–Crippen MR) is 261 cm³/mol. The van der Waals surface area contributed by atoms with Gasteiger partial charge in [0.2, 0.25) is 0 Å². The number of rotatable bonds is 10.